The van der Waals surface area contributed by atoms with Crippen LogP contribution in [0.5, 0.6) is 11.5 Å². The normalized spacial score (nSPS) is 12.2. The molecule has 1 heterocycles. The van der Waals surface area contributed by atoms with Crippen molar-refractivity contribution in [3.8, 4) is 11.5 Å². The van der Waals surface area contributed by atoms with Gasteiger partial charge in [0, 0.05) is 33.4 Å². The van der Waals surface area contributed by atoms with Crippen molar-refractivity contribution in [1.82, 2.24) is 4.98 Å². The van der Waals surface area contributed by atoms with E-state index in [-0.39, 0.29) is 31.6 Å². The van der Waals surface area contributed by atoms with Crippen molar-refractivity contribution in [3.05, 3.63) is 84.0 Å². The summed E-state index contributed by atoms with van der Waals surface area (Å²) in [7, 11) is 0. The maximum atomic E-state index is 9.96. The zero-order valence-electron chi connectivity index (χ0n) is 12.9. The Kier molecular flexibility index (Phi) is 5.90. The Labute approximate surface area is 178 Å². The summed E-state index contributed by atoms with van der Waals surface area (Å²) in [4.78, 5) is 4.40. The van der Waals surface area contributed by atoms with Crippen molar-refractivity contribution in [3.63, 3.8) is 0 Å². The molecule has 3 aromatic rings. The number of rotatable bonds is 3. The van der Waals surface area contributed by atoms with Gasteiger partial charge in [0.1, 0.15) is 11.5 Å². The lowest BCUT2D eigenvalue weighted by atomic mass is 9.87. The number of halogens is 5. The molecule has 0 bridgehead atoms. The summed E-state index contributed by atoms with van der Waals surface area (Å²) in [5.41, 5.74) is 1.57. The number of pyridine rings is 1. The first-order valence-electron chi connectivity index (χ1n) is 7.26. The van der Waals surface area contributed by atoms with E-state index in [4.69, 9.17) is 46.4 Å². The van der Waals surface area contributed by atoms with Gasteiger partial charge in [-0.25, -0.2) is 0 Å². The van der Waals surface area contributed by atoms with Crippen LogP contribution in [-0.4, -0.2) is 15.2 Å². The largest absolute Gasteiger partial charge is 0.508 e. The van der Waals surface area contributed by atoms with E-state index in [0.29, 0.717) is 21.3 Å². The van der Waals surface area contributed by atoms with Gasteiger partial charge in [0.05, 0.1) is 26.1 Å². The van der Waals surface area contributed by atoms with Gasteiger partial charge in [-0.1, -0.05) is 52.5 Å². The van der Waals surface area contributed by atoms with Gasteiger partial charge in [-0.05, 0) is 40.2 Å². The van der Waals surface area contributed by atoms with E-state index >= 15 is 0 Å². The zero-order chi connectivity index (χ0) is 19.0. The minimum atomic E-state index is -0.617. The van der Waals surface area contributed by atoms with Crippen LogP contribution in [0.15, 0.2) is 47.1 Å². The first-order valence-corrected chi connectivity index (χ1v) is 9.57. The van der Waals surface area contributed by atoms with Crippen molar-refractivity contribution >= 4 is 62.3 Å². The molecule has 0 radical (unpaired) electrons. The van der Waals surface area contributed by atoms with Gasteiger partial charge in [0.15, 0.2) is 0 Å². The van der Waals surface area contributed by atoms with E-state index in [1.807, 2.05) is 6.07 Å². The molecule has 1 atom stereocenters. The van der Waals surface area contributed by atoms with Crippen LogP contribution in [0, 0.1) is 0 Å². The third-order valence-corrected chi connectivity index (χ3v) is 6.16. The van der Waals surface area contributed by atoms with Crippen LogP contribution < -0.4 is 0 Å². The fourth-order valence-electron chi connectivity index (χ4n) is 2.69. The van der Waals surface area contributed by atoms with E-state index in [2.05, 4.69) is 20.9 Å². The second-order valence-corrected chi connectivity index (χ2v) is 7.82. The molecule has 0 aliphatic heterocycles. The molecule has 0 aliphatic rings. The highest BCUT2D eigenvalue weighted by Crippen LogP contribution is 2.49. The Morgan fingerprint density at radius 3 is 2.08 bits per heavy atom. The highest BCUT2D eigenvalue weighted by Gasteiger charge is 2.29. The zero-order valence-corrected chi connectivity index (χ0v) is 17.5. The molecule has 2 N–H and O–H groups in total. The third kappa shape index (κ3) is 3.62. The van der Waals surface area contributed by atoms with Crippen LogP contribution in [0.1, 0.15) is 22.7 Å². The summed E-state index contributed by atoms with van der Waals surface area (Å²) in [5, 5.41) is 20.6. The summed E-state index contributed by atoms with van der Waals surface area (Å²) in [6, 6.07) is 9.53. The molecule has 0 saturated carbocycles. The quantitative estimate of drug-likeness (QED) is 0.384. The van der Waals surface area contributed by atoms with Crippen LogP contribution >= 0.6 is 62.3 Å². The van der Waals surface area contributed by atoms with Gasteiger partial charge < -0.3 is 10.2 Å². The average molecular weight is 494 g/mol. The van der Waals surface area contributed by atoms with E-state index in [9.17, 15) is 10.2 Å². The van der Waals surface area contributed by atoms with Gasteiger partial charge in [-0.15, -0.1) is 0 Å². The summed E-state index contributed by atoms with van der Waals surface area (Å²) in [5.74, 6) is -0.771. The molecule has 8 heteroatoms. The predicted octanol–water partition coefficient (Wildman–Crippen LogP) is 7.05. The number of aromatic nitrogens is 1. The van der Waals surface area contributed by atoms with E-state index in [1.165, 1.54) is 18.2 Å². The van der Waals surface area contributed by atoms with Gasteiger partial charge in [-0.2, -0.15) is 0 Å². The molecule has 0 amide bonds. The fourth-order valence-corrected chi connectivity index (χ4v) is 4.38. The Morgan fingerprint density at radius 1 is 0.885 bits per heavy atom. The molecule has 1 unspecified atom stereocenters. The fraction of sp³-hybridized carbons (Fsp3) is 0.0556. The first kappa shape index (κ1) is 19.6. The summed E-state index contributed by atoms with van der Waals surface area (Å²) >= 11 is 28.9. The maximum Gasteiger partial charge on any atom is 0.132 e. The SMILES string of the molecule is Oc1cc(Cl)c(C(c2ccccn2)c2c(Cl)cc(O)c(Br)c2Cl)c(Cl)c1. The van der Waals surface area contributed by atoms with Crippen LogP contribution in [-0.2, 0) is 0 Å². The highest BCUT2D eigenvalue weighted by molar-refractivity contribution is 9.10. The Bertz CT molecular complexity index is 960. The molecule has 0 spiro atoms. The van der Waals surface area contributed by atoms with Crippen molar-refractivity contribution in [1.29, 1.82) is 0 Å². The highest BCUT2D eigenvalue weighted by atomic mass is 79.9. The van der Waals surface area contributed by atoms with Crippen LogP contribution in [0.25, 0.3) is 0 Å². The van der Waals surface area contributed by atoms with Gasteiger partial charge in [0.2, 0.25) is 0 Å². The lowest BCUT2D eigenvalue weighted by Crippen LogP contribution is -2.09. The summed E-state index contributed by atoms with van der Waals surface area (Å²) in [6.07, 6.45) is 1.63. The monoisotopic (exact) mass is 491 g/mol. The molecule has 0 aliphatic carbocycles. The predicted molar refractivity (Wildman–Crippen MR) is 109 cm³/mol. The van der Waals surface area contributed by atoms with Crippen LogP contribution in [0.3, 0.4) is 0 Å². The van der Waals surface area contributed by atoms with Gasteiger partial charge in [-0.3, -0.25) is 4.98 Å². The molecule has 26 heavy (non-hydrogen) atoms. The van der Waals surface area contributed by atoms with E-state index in [0.717, 1.165) is 0 Å². The lowest BCUT2D eigenvalue weighted by Gasteiger charge is -2.23. The topological polar surface area (TPSA) is 53.4 Å². The number of nitrogens with zero attached hydrogens (tertiary/aromatic N) is 1. The molecule has 0 fully saturated rings. The second kappa shape index (κ2) is 7.83. The Hall–Kier alpha value is -1.17. The smallest absolute Gasteiger partial charge is 0.132 e. The van der Waals surface area contributed by atoms with Crippen LogP contribution in [0.2, 0.25) is 20.1 Å². The third-order valence-electron chi connectivity index (χ3n) is 3.80. The van der Waals surface area contributed by atoms with Gasteiger partial charge >= 0.3 is 0 Å². The summed E-state index contributed by atoms with van der Waals surface area (Å²) < 4.78 is 0.297. The number of hydrogen-bond acceptors (Lipinski definition) is 3. The Balaban J connectivity index is 2.38. The molecule has 3 nitrogen and oxygen atoms in total. The molecular formula is C18H10BrCl4NO2. The average Bonchev–Trinajstić information content (AvgIpc) is 2.58. The standard InChI is InChI=1S/C18H10BrCl4NO2/c19-17-13(26)7-11(22)15(18(17)23)16(12-3-1-2-4-24-12)14-9(20)5-8(25)6-10(14)21/h1-7,16,25-26H. The number of aromatic hydroxyl groups is 2. The number of phenolic OH excluding ortho intramolecular Hbond substituents is 2. The minimum Gasteiger partial charge on any atom is -0.508 e. The summed E-state index contributed by atoms with van der Waals surface area (Å²) in [6.45, 7) is 0. The first-order chi connectivity index (χ1) is 12.3. The minimum absolute atomic E-state index is 0.0624. The van der Waals surface area contributed by atoms with Crippen LogP contribution in [0.4, 0.5) is 0 Å². The molecule has 2 aromatic carbocycles. The molecule has 0 saturated heterocycles. The van der Waals surface area contributed by atoms with Crippen molar-refractivity contribution in [2.45, 2.75) is 5.92 Å². The number of phenols is 2. The molecule has 134 valence electrons. The molecule has 3 rings (SSSR count). The molecular weight excluding hydrogens is 484 g/mol. The van der Waals surface area contributed by atoms with Crippen molar-refractivity contribution in [2.75, 3.05) is 0 Å². The lowest BCUT2D eigenvalue weighted by molar-refractivity contribution is 0.471. The van der Waals surface area contributed by atoms with Crippen molar-refractivity contribution in [2.24, 2.45) is 0 Å². The van der Waals surface area contributed by atoms with Gasteiger partial charge in [0.25, 0.3) is 0 Å². The second-order valence-electron chi connectivity index (χ2n) is 5.43. The van der Waals surface area contributed by atoms with E-state index in [1.54, 1.807) is 18.3 Å². The number of benzene rings is 2. The molecule has 1 aromatic heterocycles. The van der Waals surface area contributed by atoms with Crippen molar-refractivity contribution < 1.29 is 10.2 Å². The maximum absolute atomic E-state index is 9.96. The van der Waals surface area contributed by atoms with E-state index < -0.39 is 5.92 Å². The Morgan fingerprint density at radius 2 is 1.50 bits per heavy atom. The number of hydrogen-bond donors (Lipinski definition) is 2.